The van der Waals surface area contributed by atoms with E-state index in [4.69, 9.17) is 0 Å². The predicted octanol–water partition coefficient (Wildman–Crippen LogP) is 3.46. The van der Waals surface area contributed by atoms with E-state index in [2.05, 4.69) is 35.2 Å². The molecule has 4 nitrogen and oxygen atoms in total. The van der Waals surface area contributed by atoms with Gasteiger partial charge in [-0.2, -0.15) is 0 Å². The third-order valence-electron chi connectivity index (χ3n) is 5.17. The van der Waals surface area contributed by atoms with Gasteiger partial charge in [0.1, 0.15) is 0 Å². The number of fused-ring (bicyclic) bond motifs is 1. The zero-order valence-electron chi connectivity index (χ0n) is 14.7. The summed E-state index contributed by atoms with van der Waals surface area (Å²) in [6.45, 7) is 3.32. The molecule has 26 heavy (non-hydrogen) atoms. The van der Waals surface area contributed by atoms with Crippen molar-refractivity contribution in [3.63, 3.8) is 0 Å². The summed E-state index contributed by atoms with van der Waals surface area (Å²) >= 11 is 0. The lowest BCUT2D eigenvalue weighted by Crippen LogP contribution is -2.35. The lowest BCUT2D eigenvalue weighted by atomic mass is 9.99. The summed E-state index contributed by atoms with van der Waals surface area (Å²) in [4.78, 5) is 28.5. The number of hydrogen-bond donors (Lipinski definition) is 0. The van der Waals surface area contributed by atoms with Crippen molar-refractivity contribution in [2.45, 2.75) is 12.8 Å². The van der Waals surface area contributed by atoms with Crippen molar-refractivity contribution in [2.75, 3.05) is 26.2 Å². The number of nitrogens with zero attached hydrogens (tertiary/aromatic N) is 2. The molecule has 2 aromatic carbocycles. The minimum atomic E-state index is -0.157. The Balaban J connectivity index is 1.30. The van der Waals surface area contributed by atoms with Crippen LogP contribution in [0.1, 0.15) is 39.1 Å². The van der Waals surface area contributed by atoms with E-state index >= 15 is 0 Å². The molecule has 0 spiro atoms. The lowest BCUT2D eigenvalue weighted by molar-refractivity contribution is 0.0648. The highest BCUT2D eigenvalue weighted by molar-refractivity contribution is 6.21. The molecule has 0 saturated carbocycles. The molecule has 4 heteroatoms. The van der Waals surface area contributed by atoms with Gasteiger partial charge in [0.05, 0.1) is 11.1 Å². The molecule has 0 saturated heterocycles. The van der Waals surface area contributed by atoms with Crippen molar-refractivity contribution in [3.8, 4) is 0 Å². The first-order chi connectivity index (χ1) is 12.7. The van der Waals surface area contributed by atoms with Gasteiger partial charge in [-0.3, -0.25) is 19.4 Å². The predicted molar refractivity (Wildman–Crippen MR) is 102 cm³/mol. The number of imide groups is 1. The van der Waals surface area contributed by atoms with E-state index in [1.54, 1.807) is 24.3 Å². The Morgan fingerprint density at radius 1 is 0.808 bits per heavy atom. The van der Waals surface area contributed by atoms with Crippen LogP contribution in [0.2, 0.25) is 0 Å². The van der Waals surface area contributed by atoms with Gasteiger partial charge < -0.3 is 0 Å². The molecule has 2 amide bonds. The van der Waals surface area contributed by atoms with Gasteiger partial charge in [0, 0.05) is 26.2 Å². The Hall–Kier alpha value is -2.72. The van der Waals surface area contributed by atoms with E-state index in [0.717, 1.165) is 32.5 Å². The quantitative estimate of drug-likeness (QED) is 0.779. The summed E-state index contributed by atoms with van der Waals surface area (Å²) in [5, 5.41) is 0. The first-order valence-electron chi connectivity index (χ1n) is 9.16. The van der Waals surface area contributed by atoms with Gasteiger partial charge in [0.25, 0.3) is 11.8 Å². The molecule has 0 aromatic heterocycles. The fraction of sp³-hybridized carbons (Fsp3) is 0.273. The molecular formula is C22H22N2O2. The van der Waals surface area contributed by atoms with E-state index in [9.17, 15) is 9.59 Å². The molecular weight excluding hydrogens is 324 g/mol. The van der Waals surface area contributed by atoms with Gasteiger partial charge >= 0.3 is 0 Å². The lowest BCUT2D eigenvalue weighted by Gasteiger charge is -2.27. The first-order valence-corrected chi connectivity index (χ1v) is 9.16. The fourth-order valence-electron chi connectivity index (χ4n) is 3.72. The number of carbonyl (C=O) groups excluding carboxylic acids is 2. The molecule has 4 rings (SSSR count). The van der Waals surface area contributed by atoms with Crippen LogP contribution in [0.3, 0.4) is 0 Å². The highest BCUT2D eigenvalue weighted by atomic mass is 16.2. The zero-order valence-corrected chi connectivity index (χ0v) is 14.7. The Morgan fingerprint density at radius 2 is 1.46 bits per heavy atom. The van der Waals surface area contributed by atoms with Crippen LogP contribution in [-0.4, -0.2) is 47.8 Å². The summed E-state index contributed by atoms with van der Waals surface area (Å²) in [7, 11) is 0. The van der Waals surface area contributed by atoms with Gasteiger partial charge in [-0.1, -0.05) is 48.5 Å². The monoisotopic (exact) mass is 346 g/mol. The van der Waals surface area contributed by atoms with Gasteiger partial charge in [-0.05, 0) is 36.1 Å². The standard InChI is InChI=1S/C22H22N2O2/c25-21-19-9-4-5-10-20(19)22(26)24(21)14-6-13-23-15-11-18(12-16-23)17-7-2-1-3-8-17/h1-5,7-11H,6,12-16H2. The van der Waals surface area contributed by atoms with Gasteiger partial charge in [-0.15, -0.1) is 0 Å². The molecule has 2 aliphatic rings. The number of rotatable bonds is 5. The van der Waals surface area contributed by atoms with Crippen molar-refractivity contribution >= 4 is 17.4 Å². The Morgan fingerprint density at radius 3 is 2.08 bits per heavy atom. The third-order valence-corrected chi connectivity index (χ3v) is 5.17. The molecule has 2 heterocycles. The van der Waals surface area contributed by atoms with Crippen molar-refractivity contribution in [1.29, 1.82) is 0 Å². The van der Waals surface area contributed by atoms with Crippen LogP contribution in [-0.2, 0) is 0 Å². The largest absolute Gasteiger partial charge is 0.299 e. The molecule has 0 radical (unpaired) electrons. The molecule has 0 atom stereocenters. The van der Waals surface area contributed by atoms with Gasteiger partial charge in [0.2, 0.25) is 0 Å². The Bertz CT molecular complexity index is 822. The Labute approximate surface area is 153 Å². The minimum Gasteiger partial charge on any atom is -0.299 e. The average Bonchev–Trinajstić information content (AvgIpc) is 2.94. The van der Waals surface area contributed by atoms with Crippen LogP contribution >= 0.6 is 0 Å². The smallest absolute Gasteiger partial charge is 0.261 e. The molecule has 0 N–H and O–H groups in total. The molecule has 132 valence electrons. The maximum Gasteiger partial charge on any atom is 0.261 e. The molecule has 0 bridgehead atoms. The maximum atomic E-state index is 12.4. The number of carbonyl (C=O) groups is 2. The summed E-state index contributed by atoms with van der Waals surface area (Å²) in [5.41, 5.74) is 3.78. The summed E-state index contributed by atoms with van der Waals surface area (Å²) in [6, 6.07) is 17.6. The van der Waals surface area contributed by atoms with Crippen LogP contribution < -0.4 is 0 Å². The SMILES string of the molecule is O=C1c2ccccc2C(=O)N1CCCN1CC=C(c2ccccc2)CC1. The zero-order chi connectivity index (χ0) is 17.9. The van der Waals surface area contributed by atoms with Crippen LogP contribution in [0.5, 0.6) is 0 Å². The normalized spacial score (nSPS) is 17.4. The second-order valence-corrected chi connectivity index (χ2v) is 6.81. The summed E-state index contributed by atoms with van der Waals surface area (Å²) in [5.74, 6) is -0.314. The highest BCUT2D eigenvalue weighted by Gasteiger charge is 2.34. The van der Waals surface area contributed by atoms with Crippen LogP contribution in [0.15, 0.2) is 60.7 Å². The van der Waals surface area contributed by atoms with E-state index in [1.807, 2.05) is 6.07 Å². The van der Waals surface area contributed by atoms with Crippen LogP contribution in [0, 0.1) is 0 Å². The fourth-order valence-corrected chi connectivity index (χ4v) is 3.72. The number of hydrogen-bond acceptors (Lipinski definition) is 3. The second kappa shape index (κ2) is 7.26. The van der Waals surface area contributed by atoms with Gasteiger partial charge in [0.15, 0.2) is 0 Å². The van der Waals surface area contributed by atoms with Crippen molar-refractivity contribution in [2.24, 2.45) is 0 Å². The molecule has 2 aliphatic heterocycles. The molecule has 0 fully saturated rings. The van der Waals surface area contributed by atoms with Gasteiger partial charge in [-0.25, -0.2) is 0 Å². The third kappa shape index (κ3) is 3.20. The minimum absolute atomic E-state index is 0.157. The maximum absolute atomic E-state index is 12.4. The Kier molecular flexibility index (Phi) is 4.67. The van der Waals surface area contributed by atoms with Crippen molar-refractivity contribution in [3.05, 3.63) is 77.4 Å². The number of benzene rings is 2. The van der Waals surface area contributed by atoms with Crippen molar-refractivity contribution < 1.29 is 9.59 Å². The van der Waals surface area contributed by atoms with E-state index in [1.165, 1.54) is 16.0 Å². The number of amides is 2. The summed E-state index contributed by atoms with van der Waals surface area (Å²) in [6.07, 6.45) is 4.14. The van der Waals surface area contributed by atoms with E-state index in [-0.39, 0.29) is 11.8 Å². The molecule has 2 aromatic rings. The molecule has 0 unspecified atom stereocenters. The first kappa shape index (κ1) is 16.7. The second-order valence-electron chi connectivity index (χ2n) is 6.81. The van der Waals surface area contributed by atoms with E-state index < -0.39 is 0 Å². The van der Waals surface area contributed by atoms with Crippen LogP contribution in [0.4, 0.5) is 0 Å². The van der Waals surface area contributed by atoms with E-state index in [0.29, 0.717) is 17.7 Å². The highest BCUT2D eigenvalue weighted by Crippen LogP contribution is 2.24. The van der Waals surface area contributed by atoms with Crippen molar-refractivity contribution in [1.82, 2.24) is 9.80 Å². The topological polar surface area (TPSA) is 40.6 Å². The average molecular weight is 346 g/mol. The van der Waals surface area contributed by atoms with Crippen LogP contribution in [0.25, 0.3) is 5.57 Å². The summed E-state index contributed by atoms with van der Waals surface area (Å²) < 4.78 is 0. The molecule has 0 aliphatic carbocycles.